The molecular weight excluding hydrogens is 293 g/mol. The van der Waals surface area contributed by atoms with Crippen LogP contribution in [0.1, 0.15) is 17.5 Å². The molecule has 0 aromatic heterocycles. The van der Waals surface area contributed by atoms with Crippen molar-refractivity contribution in [2.75, 3.05) is 11.1 Å². The first kappa shape index (κ1) is 15.9. The fourth-order valence-electron chi connectivity index (χ4n) is 1.97. The molecule has 2 rings (SSSR count). The lowest BCUT2D eigenvalue weighted by Crippen LogP contribution is -2.13. The molecule has 3 N–H and O–H groups in total. The Morgan fingerprint density at radius 1 is 1.09 bits per heavy atom. The Kier molecular flexibility index (Phi) is 4.70. The highest BCUT2D eigenvalue weighted by Gasteiger charge is 2.29. The van der Waals surface area contributed by atoms with Crippen LogP contribution in [0.25, 0.3) is 0 Å². The fourth-order valence-corrected chi connectivity index (χ4v) is 1.97. The Morgan fingerprint density at radius 3 is 2.36 bits per heavy atom. The topological polar surface area (TPSA) is 55.1 Å². The van der Waals surface area contributed by atoms with E-state index in [9.17, 15) is 18.0 Å². The van der Waals surface area contributed by atoms with Gasteiger partial charge in [0.05, 0.1) is 5.56 Å². The predicted molar refractivity (Wildman–Crippen MR) is 79.2 cm³/mol. The Morgan fingerprint density at radius 2 is 1.77 bits per heavy atom. The van der Waals surface area contributed by atoms with Crippen molar-refractivity contribution in [2.45, 2.75) is 19.0 Å². The van der Waals surface area contributed by atoms with E-state index < -0.39 is 11.7 Å². The van der Waals surface area contributed by atoms with Crippen molar-refractivity contribution in [3.05, 3.63) is 59.7 Å². The van der Waals surface area contributed by atoms with Crippen LogP contribution < -0.4 is 11.1 Å². The van der Waals surface area contributed by atoms with Gasteiger partial charge in [0.1, 0.15) is 0 Å². The first-order valence-corrected chi connectivity index (χ1v) is 6.66. The van der Waals surface area contributed by atoms with Gasteiger partial charge in [-0.15, -0.1) is 0 Å². The Hall–Kier alpha value is -2.50. The second-order valence-electron chi connectivity index (χ2n) is 4.87. The number of hydrogen-bond donors (Lipinski definition) is 2. The van der Waals surface area contributed by atoms with Gasteiger partial charge in [-0.2, -0.15) is 13.2 Å². The summed E-state index contributed by atoms with van der Waals surface area (Å²) in [6.45, 7) is 0. The lowest BCUT2D eigenvalue weighted by molar-refractivity contribution is -0.137. The number of carbonyl (C=O) groups excluding carboxylic acids is 1. The molecule has 0 aliphatic carbocycles. The standard InChI is InChI=1S/C16H15F3N2O/c17-16(18,19)12-5-7-14(8-6-12)21-15(22)9-4-11-2-1-3-13(20)10-11/h1-3,5-8,10H,4,9,20H2,(H,21,22). The number of amides is 1. The summed E-state index contributed by atoms with van der Waals surface area (Å²) in [6, 6.07) is 11.6. The number of nitrogen functional groups attached to an aromatic ring is 1. The molecule has 2 aromatic rings. The number of alkyl halides is 3. The molecule has 0 bridgehead atoms. The molecule has 1 amide bonds. The minimum absolute atomic E-state index is 0.227. The van der Waals surface area contributed by atoms with Gasteiger partial charge in [-0.1, -0.05) is 12.1 Å². The van der Waals surface area contributed by atoms with Crippen molar-refractivity contribution < 1.29 is 18.0 Å². The van der Waals surface area contributed by atoms with Gasteiger partial charge in [0.15, 0.2) is 0 Å². The van der Waals surface area contributed by atoms with E-state index in [-0.39, 0.29) is 12.3 Å². The molecule has 6 heteroatoms. The van der Waals surface area contributed by atoms with Crippen LogP contribution in [0.3, 0.4) is 0 Å². The van der Waals surface area contributed by atoms with Gasteiger partial charge in [0, 0.05) is 17.8 Å². The second kappa shape index (κ2) is 6.51. The van der Waals surface area contributed by atoms with E-state index in [2.05, 4.69) is 5.32 Å². The van der Waals surface area contributed by atoms with Crippen LogP contribution in [-0.2, 0) is 17.4 Å². The molecule has 3 nitrogen and oxygen atoms in total. The van der Waals surface area contributed by atoms with Crippen LogP contribution >= 0.6 is 0 Å². The molecule has 0 aliphatic rings. The van der Waals surface area contributed by atoms with Crippen molar-refractivity contribution in [2.24, 2.45) is 0 Å². The first-order valence-electron chi connectivity index (χ1n) is 6.66. The number of benzene rings is 2. The predicted octanol–water partition coefficient (Wildman–Crippen LogP) is 3.86. The van der Waals surface area contributed by atoms with E-state index in [1.807, 2.05) is 6.07 Å². The van der Waals surface area contributed by atoms with E-state index in [0.717, 1.165) is 17.7 Å². The van der Waals surface area contributed by atoms with Crippen molar-refractivity contribution in [3.8, 4) is 0 Å². The SMILES string of the molecule is Nc1cccc(CCC(=O)Nc2ccc(C(F)(F)F)cc2)c1. The lowest BCUT2D eigenvalue weighted by Gasteiger charge is -2.09. The third kappa shape index (κ3) is 4.51. The van der Waals surface area contributed by atoms with E-state index in [1.165, 1.54) is 12.1 Å². The van der Waals surface area contributed by atoms with Crippen molar-refractivity contribution in [1.29, 1.82) is 0 Å². The lowest BCUT2D eigenvalue weighted by atomic mass is 10.1. The number of anilines is 2. The quantitative estimate of drug-likeness (QED) is 0.843. The number of aryl methyl sites for hydroxylation is 1. The maximum Gasteiger partial charge on any atom is 0.416 e. The maximum absolute atomic E-state index is 12.4. The van der Waals surface area contributed by atoms with Gasteiger partial charge in [0.25, 0.3) is 0 Å². The summed E-state index contributed by atoms with van der Waals surface area (Å²) < 4.78 is 37.3. The average molecular weight is 308 g/mol. The summed E-state index contributed by atoms with van der Waals surface area (Å²) in [5.41, 5.74) is 6.80. The molecule has 0 spiro atoms. The van der Waals surface area contributed by atoms with Crippen molar-refractivity contribution >= 4 is 17.3 Å². The van der Waals surface area contributed by atoms with E-state index in [1.54, 1.807) is 18.2 Å². The van der Waals surface area contributed by atoms with Crippen molar-refractivity contribution in [1.82, 2.24) is 0 Å². The molecular formula is C16H15F3N2O. The van der Waals surface area contributed by atoms with E-state index in [0.29, 0.717) is 17.8 Å². The van der Waals surface area contributed by atoms with Gasteiger partial charge >= 0.3 is 6.18 Å². The number of nitrogens with two attached hydrogens (primary N) is 1. The molecule has 22 heavy (non-hydrogen) atoms. The summed E-state index contributed by atoms with van der Waals surface area (Å²) in [5, 5.41) is 2.57. The fraction of sp³-hybridized carbons (Fsp3) is 0.188. The number of carbonyl (C=O) groups is 1. The van der Waals surface area contributed by atoms with Gasteiger partial charge in [-0.3, -0.25) is 4.79 Å². The van der Waals surface area contributed by atoms with Crippen molar-refractivity contribution in [3.63, 3.8) is 0 Å². The number of rotatable bonds is 4. The monoisotopic (exact) mass is 308 g/mol. The average Bonchev–Trinajstić information content (AvgIpc) is 2.45. The number of hydrogen-bond acceptors (Lipinski definition) is 2. The highest BCUT2D eigenvalue weighted by molar-refractivity contribution is 5.90. The maximum atomic E-state index is 12.4. The van der Waals surface area contributed by atoms with Crippen LogP contribution in [0, 0.1) is 0 Å². The molecule has 2 aromatic carbocycles. The molecule has 0 atom stereocenters. The molecule has 0 saturated heterocycles. The number of halogens is 3. The van der Waals surface area contributed by atoms with Gasteiger partial charge in [-0.25, -0.2) is 0 Å². The zero-order valence-corrected chi connectivity index (χ0v) is 11.7. The van der Waals surface area contributed by atoms with Gasteiger partial charge in [0.2, 0.25) is 5.91 Å². The largest absolute Gasteiger partial charge is 0.416 e. The minimum Gasteiger partial charge on any atom is -0.399 e. The van der Waals surface area contributed by atoms with Crippen LogP contribution in [-0.4, -0.2) is 5.91 Å². The third-order valence-electron chi connectivity index (χ3n) is 3.09. The summed E-state index contributed by atoms with van der Waals surface area (Å²) >= 11 is 0. The second-order valence-corrected chi connectivity index (χ2v) is 4.87. The number of nitrogens with one attached hydrogen (secondary N) is 1. The van der Waals surface area contributed by atoms with Gasteiger partial charge in [-0.05, 0) is 48.4 Å². The molecule has 0 fully saturated rings. The zero-order valence-electron chi connectivity index (χ0n) is 11.7. The summed E-state index contributed by atoms with van der Waals surface area (Å²) in [5.74, 6) is -0.262. The molecule has 0 saturated carbocycles. The Balaban J connectivity index is 1.89. The van der Waals surface area contributed by atoms with Crippen LogP contribution in [0.2, 0.25) is 0 Å². The van der Waals surface area contributed by atoms with E-state index >= 15 is 0 Å². The third-order valence-corrected chi connectivity index (χ3v) is 3.09. The zero-order chi connectivity index (χ0) is 16.2. The Labute approximate surface area is 125 Å². The molecule has 0 aliphatic heterocycles. The van der Waals surface area contributed by atoms with E-state index in [4.69, 9.17) is 5.73 Å². The smallest absolute Gasteiger partial charge is 0.399 e. The molecule has 0 unspecified atom stereocenters. The summed E-state index contributed by atoms with van der Waals surface area (Å²) in [4.78, 5) is 11.8. The highest BCUT2D eigenvalue weighted by Crippen LogP contribution is 2.29. The van der Waals surface area contributed by atoms with Crippen LogP contribution in [0.15, 0.2) is 48.5 Å². The normalized spacial score (nSPS) is 11.2. The molecule has 116 valence electrons. The van der Waals surface area contributed by atoms with Gasteiger partial charge < -0.3 is 11.1 Å². The minimum atomic E-state index is -4.38. The Bertz CT molecular complexity index is 651. The summed E-state index contributed by atoms with van der Waals surface area (Å²) in [6.07, 6.45) is -3.64. The first-order chi connectivity index (χ1) is 10.3. The van der Waals surface area contributed by atoms with Crippen LogP contribution in [0.5, 0.6) is 0 Å². The van der Waals surface area contributed by atoms with Crippen LogP contribution in [0.4, 0.5) is 24.5 Å². The highest BCUT2D eigenvalue weighted by atomic mass is 19.4. The molecule has 0 radical (unpaired) electrons. The summed E-state index contributed by atoms with van der Waals surface area (Å²) in [7, 11) is 0. The molecule has 0 heterocycles.